The Balaban J connectivity index is 2.04. The van der Waals surface area contributed by atoms with E-state index >= 15 is 0 Å². The second-order valence-electron chi connectivity index (χ2n) is 4.41. The van der Waals surface area contributed by atoms with Gasteiger partial charge in [0.25, 0.3) is 0 Å². The van der Waals surface area contributed by atoms with E-state index in [2.05, 4.69) is 51.5 Å². The zero-order valence-electron chi connectivity index (χ0n) is 11.3. The van der Waals surface area contributed by atoms with E-state index in [0.29, 0.717) is 12.4 Å². The van der Waals surface area contributed by atoms with Crippen LogP contribution in [0.2, 0.25) is 0 Å². The lowest BCUT2D eigenvalue weighted by atomic mass is 10.1. The van der Waals surface area contributed by atoms with Crippen LogP contribution in [0.15, 0.2) is 36.7 Å². The molecule has 0 fully saturated rings. The zero-order valence-corrected chi connectivity index (χ0v) is 11.3. The minimum absolute atomic E-state index is 0.568. The molecule has 0 spiro atoms. The molecule has 1 heterocycles. The smallest absolute Gasteiger partial charge is 0.158 e. The molecule has 0 saturated heterocycles. The summed E-state index contributed by atoms with van der Waals surface area (Å²) < 4.78 is 0. The minimum Gasteiger partial charge on any atom is -0.369 e. The monoisotopic (exact) mass is 257 g/mol. The predicted molar refractivity (Wildman–Crippen MR) is 77.8 cm³/mol. The molecule has 0 unspecified atom stereocenters. The standard InChI is InChI=1S/C14H19N5/c1-3-11-4-6-13(7-5-11)19(2)10-12-8-17-14(18-15)9-16-12/h4-9H,3,10,15H2,1-2H3,(H,17,18). The number of nitrogens with zero attached hydrogens (tertiary/aromatic N) is 3. The number of hydrogen-bond donors (Lipinski definition) is 2. The third-order valence-corrected chi connectivity index (χ3v) is 3.04. The molecule has 0 radical (unpaired) electrons. The molecule has 0 amide bonds. The summed E-state index contributed by atoms with van der Waals surface area (Å²) in [7, 11) is 2.04. The maximum atomic E-state index is 5.26. The number of nitrogens with one attached hydrogen (secondary N) is 1. The molecule has 1 aromatic heterocycles. The summed E-state index contributed by atoms with van der Waals surface area (Å²) in [5, 5.41) is 0. The van der Waals surface area contributed by atoms with E-state index in [4.69, 9.17) is 5.84 Å². The molecular formula is C14H19N5. The van der Waals surface area contributed by atoms with Gasteiger partial charge in [-0.1, -0.05) is 19.1 Å². The fourth-order valence-electron chi connectivity index (χ4n) is 1.83. The first-order chi connectivity index (χ1) is 9.22. The van der Waals surface area contributed by atoms with Crippen LogP contribution in [-0.4, -0.2) is 17.0 Å². The Morgan fingerprint density at radius 1 is 1.16 bits per heavy atom. The molecular weight excluding hydrogens is 238 g/mol. The van der Waals surface area contributed by atoms with Gasteiger partial charge >= 0.3 is 0 Å². The third-order valence-electron chi connectivity index (χ3n) is 3.04. The highest BCUT2D eigenvalue weighted by Crippen LogP contribution is 2.16. The molecule has 0 bridgehead atoms. The van der Waals surface area contributed by atoms with E-state index < -0.39 is 0 Å². The molecule has 0 aliphatic heterocycles. The van der Waals surface area contributed by atoms with Crippen molar-refractivity contribution in [2.75, 3.05) is 17.4 Å². The fourth-order valence-corrected chi connectivity index (χ4v) is 1.83. The normalized spacial score (nSPS) is 10.3. The van der Waals surface area contributed by atoms with Crippen molar-refractivity contribution in [3.8, 4) is 0 Å². The van der Waals surface area contributed by atoms with Gasteiger partial charge in [-0.15, -0.1) is 0 Å². The summed E-state index contributed by atoms with van der Waals surface area (Å²) in [5.74, 6) is 5.82. The van der Waals surface area contributed by atoms with Gasteiger partial charge in [-0.2, -0.15) is 0 Å². The van der Waals surface area contributed by atoms with Crippen LogP contribution in [0.3, 0.4) is 0 Å². The summed E-state index contributed by atoms with van der Waals surface area (Å²) in [6, 6.07) is 8.56. The highest BCUT2D eigenvalue weighted by molar-refractivity contribution is 5.47. The van der Waals surface area contributed by atoms with Gasteiger partial charge in [0.15, 0.2) is 5.82 Å². The zero-order chi connectivity index (χ0) is 13.7. The summed E-state index contributed by atoms with van der Waals surface area (Å²) in [6.45, 7) is 2.87. The van der Waals surface area contributed by atoms with Gasteiger partial charge in [0.2, 0.25) is 0 Å². The van der Waals surface area contributed by atoms with Crippen LogP contribution in [0.1, 0.15) is 18.2 Å². The van der Waals surface area contributed by atoms with Gasteiger partial charge in [-0.05, 0) is 24.1 Å². The van der Waals surface area contributed by atoms with Crippen molar-refractivity contribution in [3.05, 3.63) is 47.9 Å². The maximum absolute atomic E-state index is 5.26. The lowest BCUT2D eigenvalue weighted by Crippen LogP contribution is -2.18. The van der Waals surface area contributed by atoms with Gasteiger partial charge in [0.05, 0.1) is 24.6 Å². The molecule has 3 N–H and O–H groups in total. The highest BCUT2D eigenvalue weighted by Gasteiger charge is 2.04. The summed E-state index contributed by atoms with van der Waals surface area (Å²) in [6.07, 6.45) is 4.42. The molecule has 0 aliphatic rings. The van der Waals surface area contributed by atoms with Crippen molar-refractivity contribution in [3.63, 3.8) is 0 Å². The number of anilines is 2. The van der Waals surface area contributed by atoms with E-state index in [-0.39, 0.29) is 0 Å². The summed E-state index contributed by atoms with van der Waals surface area (Å²) in [5.41, 5.74) is 5.88. The molecule has 0 aliphatic carbocycles. The first-order valence-corrected chi connectivity index (χ1v) is 6.30. The number of nitrogen functional groups attached to an aromatic ring is 1. The van der Waals surface area contributed by atoms with Crippen molar-refractivity contribution >= 4 is 11.5 Å². The van der Waals surface area contributed by atoms with Crippen LogP contribution in [0.25, 0.3) is 0 Å². The number of aryl methyl sites for hydroxylation is 1. The van der Waals surface area contributed by atoms with Crippen molar-refractivity contribution < 1.29 is 0 Å². The Kier molecular flexibility index (Phi) is 4.30. The van der Waals surface area contributed by atoms with Gasteiger partial charge in [0, 0.05) is 12.7 Å². The van der Waals surface area contributed by atoms with Crippen LogP contribution in [-0.2, 0) is 13.0 Å². The van der Waals surface area contributed by atoms with Crippen molar-refractivity contribution in [1.82, 2.24) is 9.97 Å². The largest absolute Gasteiger partial charge is 0.369 e. The van der Waals surface area contributed by atoms with E-state index in [9.17, 15) is 0 Å². The lowest BCUT2D eigenvalue weighted by Gasteiger charge is -2.19. The second-order valence-corrected chi connectivity index (χ2v) is 4.41. The van der Waals surface area contributed by atoms with Gasteiger partial charge < -0.3 is 10.3 Å². The van der Waals surface area contributed by atoms with Crippen LogP contribution >= 0.6 is 0 Å². The summed E-state index contributed by atoms with van der Waals surface area (Å²) >= 11 is 0. The maximum Gasteiger partial charge on any atom is 0.158 e. The first kappa shape index (κ1) is 13.3. The number of benzene rings is 1. The molecule has 19 heavy (non-hydrogen) atoms. The van der Waals surface area contributed by atoms with E-state index in [0.717, 1.165) is 12.1 Å². The van der Waals surface area contributed by atoms with Crippen LogP contribution in [0.5, 0.6) is 0 Å². The lowest BCUT2D eigenvalue weighted by molar-refractivity contribution is 0.872. The van der Waals surface area contributed by atoms with Crippen molar-refractivity contribution in [2.24, 2.45) is 5.84 Å². The number of aromatic nitrogens is 2. The molecule has 2 aromatic rings. The van der Waals surface area contributed by atoms with Gasteiger partial charge in [-0.3, -0.25) is 4.98 Å². The topological polar surface area (TPSA) is 67.1 Å². The number of rotatable bonds is 5. The molecule has 100 valence electrons. The number of nitrogens with two attached hydrogens (primary N) is 1. The molecule has 2 rings (SSSR count). The molecule has 5 heteroatoms. The Morgan fingerprint density at radius 2 is 1.89 bits per heavy atom. The Labute approximate surface area is 113 Å². The van der Waals surface area contributed by atoms with Crippen molar-refractivity contribution in [2.45, 2.75) is 19.9 Å². The number of hydrazine groups is 1. The number of hydrogen-bond acceptors (Lipinski definition) is 5. The van der Waals surface area contributed by atoms with Crippen LogP contribution in [0, 0.1) is 0 Å². The Bertz CT molecular complexity index is 506. The van der Waals surface area contributed by atoms with Crippen LogP contribution < -0.4 is 16.2 Å². The van der Waals surface area contributed by atoms with Crippen LogP contribution in [0.4, 0.5) is 11.5 Å². The first-order valence-electron chi connectivity index (χ1n) is 6.30. The highest BCUT2D eigenvalue weighted by atomic mass is 15.3. The molecule has 5 nitrogen and oxygen atoms in total. The predicted octanol–water partition coefficient (Wildman–Crippen LogP) is 1.96. The average Bonchev–Trinajstić information content (AvgIpc) is 2.48. The minimum atomic E-state index is 0.568. The quantitative estimate of drug-likeness (QED) is 0.633. The molecule has 1 aromatic carbocycles. The SMILES string of the molecule is CCc1ccc(N(C)Cc2cnc(NN)cn2)cc1. The molecule has 0 atom stereocenters. The van der Waals surface area contributed by atoms with Crippen molar-refractivity contribution in [1.29, 1.82) is 0 Å². The molecule has 0 saturated carbocycles. The van der Waals surface area contributed by atoms with E-state index in [1.165, 1.54) is 11.3 Å². The average molecular weight is 257 g/mol. The van der Waals surface area contributed by atoms with Gasteiger partial charge in [-0.25, -0.2) is 10.8 Å². The Morgan fingerprint density at radius 3 is 2.42 bits per heavy atom. The Hall–Kier alpha value is -2.14. The second kappa shape index (κ2) is 6.15. The van der Waals surface area contributed by atoms with E-state index in [1.54, 1.807) is 12.4 Å². The fraction of sp³-hybridized carbons (Fsp3) is 0.286. The summed E-state index contributed by atoms with van der Waals surface area (Å²) in [4.78, 5) is 10.6. The van der Waals surface area contributed by atoms with E-state index in [1.807, 2.05) is 7.05 Å². The van der Waals surface area contributed by atoms with Gasteiger partial charge in [0.1, 0.15) is 0 Å². The third kappa shape index (κ3) is 3.42.